The van der Waals surface area contributed by atoms with Crippen molar-refractivity contribution in [2.45, 2.75) is 158 Å². The number of rotatable bonds is 19. The zero-order valence-corrected chi connectivity index (χ0v) is 23.7. The number of carboxylic acids is 1. The highest BCUT2D eigenvalue weighted by molar-refractivity contribution is 5.67. The number of hydrogen-bond donors (Lipinski definition) is 9. The van der Waals surface area contributed by atoms with Gasteiger partial charge in [0.05, 0.1) is 12.5 Å². The first-order valence-electron chi connectivity index (χ1n) is 14.7. The van der Waals surface area contributed by atoms with Crippen LogP contribution < -0.4 is 0 Å². The van der Waals surface area contributed by atoms with Crippen LogP contribution in [0.3, 0.4) is 0 Å². The molecule has 14 heteroatoms. The third-order valence-corrected chi connectivity index (χ3v) is 7.65. The lowest BCUT2D eigenvalue weighted by Crippen LogP contribution is -2.70. The first-order chi connectivity index (χ1) is 19.5. The Balaban J connectivity index is 2.04. The zero-order valence-electron chi connectivity index (χ0n) is 23.7. The summed E-state index contributed by atoms with van der Waals surface area (Å²) in [5.41, 5.74) is 0. The molecule has 2 saturated heterocycles. The van der Waals surface area contributed by atoms with E-state index in [0.29, 0.717) is 6.42 Å². The van der Waals surface area contributed by atoms with Crippen LogP contribution in [0.1, 0.15) is 90.4 Å². The van der Waals surface area contributed by atoms with Gasteiger partial charge in [-0.05, 0) is 6.42 Å². The molecule has 9 N–H and O–H groups in total. The fraction of sp³-hybridized carbons (Fsp3) is 0.963. The molecule has 242 valence electrons. The minimum Gasteiger partial charge on any atom is -0.481 e. The van der Waals surface area contributed by atoms with Gasteiger partial charge in [-0.3, -0.25) is 4.79 Å². The third kappa shape index (κ3) is 10.6. The minimum absolute atomic E-state index is 0.224. The van der Waals surface area contributed by atoms with Gasteiger partial charge in [0.15, 0.2) is 18.9 Å². The number of aliphatic hydroxyl groups excluding tert-OH is 8. The first kappa shape index (κ1) is 36.2. The van der Waals surface area contributed by atoms with Gasteiger partial charge in [0, 0.05) is 0 Å². The Morgan fingerprint density at radius 2 is 1.29 bits per heavy atom. The van der Waals surface area contributed by atoms with Crippen molar-refractivity contribution in [3.8, 4) is 0 Å². The van der Waals surface area contributed by atoms with Gasteiger partial charge in [0.25, 0.3) is 0 Å². The maximum Gasteiger partial charge on any atom is 0.305 e. The number of ether oxygens (including phenoxy) is 4. The first-order valence-corrected chi connectivity index (χ1v) is 14.7. The lowest BCUT2D eigenvalue weighted by molar-refractivity contribution is -0.441. The van der Waals surface area contributed by atoms with Crippen LogP contribution in [0.25, 0.3) is 0 Å². The molecule has 0 aliphatic carbocycles. The standard InChI is InChI=1S/C27H50O14/c1-2-3-4-5-6-7-8-9-10-11-12-13-16(14-17(29)30)40-27(15-28)23(19(32)21(34)25(37)41-27)38-26-22(35)18(31)20(33)24(36)39-26/h16,18-26,28,31-37H,2-15H2,1H3,(H,29,30)/t16?,18-,19-,20-,21+,22+,23-,24-,25+,26+,27+/m0/s1. The average molecular weight is 599 g/mol. The van der Waals surface area contributed by atoms with Crippen molar-refractivity contribution >= 4 is 5.97 Å². The van der Waals surface area contributed by atoms with Crippen molar-refractivity contribution in [2.75, 3.05) is 6.61 Å². The highest BCUT2D eigenvalue weighted by atomic mass is 16.8. The molecule has 0 saturated carbocycles. The summed E-state index contributed by atoms with van der Waals surface area (Å²) in [5.74, 6) is -3.66. The van der Waals surface area contributed by atoms with Crippen molar-refractivity contribution in [3.05, 3.63) is 0 Å². The third-order valence-electron chi connectivity index (χ3n) is 7.65. The van der Waals surface area contributed by atoms with Crippen LogP contribution in [0.15, 0.2) is 0 Å². The predicted molar refractivity (Wildman–Crippen MR) is 141 cm³/mol. The van der Waals surface area contributed by atoms with E-state index in [9.17, 15) is 50.8 Å². The molecule has 14 nitrogen and oxygen atoms in total. The second-order valence-corrected chi connectivity index (χ2v) is 11.0. The number of unbranched alkanes of at least 4 members (excludes halogenated alkanes) is 10. The molecule has 0 aromatic rings. The van der Waals surface area contributed by atoms with E-state index < -0.39 is 86.4 Å². The maximum absolute atomic E-state index is 11.6. The Morgan fingerprint density at radius 1 is 0.756 bits per heavy atom. The Hall–Kier alpha value is -1.01. The van der Waals surface area contributed by atoms with Crippen molar-refractivity contribution < 1.29 is 69.7 Å². The predicted octanol–water partition coefficient (Wildman–Crippen LogP) is -0.551. The fourth-order valence-electron chi connectivity index (χ4n) is 5.20. The van der Waals surface area contributed by atoms with E-state index in [2.05, 4.69) is 6.92 Å². The second kappa shape index (κ2) is 18.0. The summed E-state index contributed by atoms with van der Waals surface area (Å²) < 4.78 is 21.7. The SMILES string of the molecule is CCCCCCCCCCCCCC(CC(=O)O)O[C@]1(CO)O[C@@H](O)[C@H](O)[C@H](O)[C@@H]1O[C@@H]1O[C@H](O)[C@@H](O)[C@H](O)[C@H]1O. The van der Waals surface area contributed by atoms with Crippen molar-refractivity contribution in [2.24, 2.45) is 0 Å². The highest BCUT2D eigenvalue weighted by Gasteiger charge is 2.58. The van der Waals surface area contributed by atoms with Crippen LogP contribution in [-0.2, 0) is 23.7 Å². The molecule has 11 atom stereocenters. The van der Waals surface area contributed by atoms with Gasteiger partial charge < -0.3 is 64.9 Å². The van der Waals surface area contributed by atoms with E-state index >= 15 is 0 Å². The summed E-state index contributed by atoms with van der Waals surface area (Å²) in [6.07, 6.45) is -7.14. The van der Waals surface area contributed by atoms with Gasteiger partial charge in [-0.15, -0.1) is 0 Å². The lowest BCUT2D eigenvalue weighted by Gasteiger charge is -2.50. The van der Waals surface area contributed by atoms with Gasteiger partial charge in [0.1, 0.15) is 43.2 Å². The number of aliphatic hydroxyl groups is 8. The quantitative estimate of drug-likeness (QED) is 0.0849. The van der Waals surface area contributed by atoms with Crippen LogP contribution in [0, 0.1) is 0 Å². The molecule has 41 heavy (non-hydrogen) atoms. The Labute approximate surface area is 240 Å². The molecular weight excluding hydrogens is 548 g/mol. The van der Waals surface area contributed by atoms with Gasteiger partial charge in [-0.1, -0.05) is 77.6 Å². The zero-order chi connectivity index (χ0) is 30.6. The summed E-state index contributed by atoms with van der Waals surface area (Å²) in [7, 11) is 0. The topological polar surface area (TPSA) is 236 Å². The number of carbonyl (C=O) groups is 1. The molecule has 0 bridgehead atoms. The van der Waals surface area contributed by atoms with Gasteiger partial charge in [-0.25, -0.2) is 0 Å². The molecule has 0 aromatic carbocycles. The number of carboxylic acid groups (broad SMARTS) is 1. The van der Waals surface area contributed by atoms with Gasteiger partial charge >= 0.3 is 5.97 Å². The fourth-order valence-corrected chi connectivity index (χ4v) is 5.20. The van der Waals surface area contributed by atoms with Crippen LogP contribution in [0.5, 0.6) is 0 Å². The van der Waals surface area contributed by atoms with Crippen LogP contribution >= 0.6 is 0 Å². The van der Waals surface area contributed by atoms with Crippen LogP contribution in [-0.4, -0.2) is 126 Å². The molecule has 2 aliphatic rings. The number of hydrogen-bond acceptors (Lipinski definition) is 13. The Kier molecular flexibility index (Phi) is 15.8. The second-order valence-electron chi connectivity index (χ2n) is 11.0. The molecule has 0 amide bonds. The molecule has 2 aliphatic heterocycles. The van der Waals surface area contributed by atoms with E-state index in [1.807, 2.05) is 0 Å². The summed E-state index contributed by atoms with van der Waals surface area (Å²) in [6.45, 7) is 1.09. The molecule has 0 spiro atoms. The van der Waals surface area contributed by atoms with E-state index in [1.165, 1.54) is 38.5 Å². The summed E-state index contributed by atoms with van der Waals surface area (Å²) >= 11 is 0. The molecule has 2 heterocycles. The van der Waals surface area contributed by atoms with E-state index in [-0.39, 0.29) is 6.42 Å². The van der Waals surface area contributed by atoms with E-state index in [0.717, 1.165) is 25.7 Å². The molecule has 2 fully saturated rings. The van der Waals surface area contributed by atoms with Gasteiger partial charge in [-0.2, -0.15) is 0 Å². The van der Waals surface area contributed by atoms with Crippen molar-refractivity contribution in [1.82, 2.24) is 0 Å². The van der Waals surface area contributed by atoms with Crippen LogP contribution in [0.4, 0.5) is 0 Å². The van der Waals surface area contributed by atoms with Crippen molar-refractivity contribution in [1.29, 1.82) is 0 Å². The van der Waals surface area contributed by atoms with E-state index in [1.54, 1.807) is 0 Å². The number of aliphatic carboxylic acids is 1. The molecule has 0 radical (unpaired) electrons. The Bertz CT molecular complexity index is 743. The maximum atomic E-state index is 11.6. The van der Waals surface area contributed by atoms with Gasteiger partial charge in [0.2, 0.25) is 5.79 Å². The minimum atomic E-state index is -2.44. The van der Waals surface area contributed by atoms with E-state index in [4.69, 9.17) is 18.9 Å². The smallest absolute Gasteiger partial charge is 0.305 e. The average Bonchev–Trinajstić information content (AvgIpc) is 2.93. The summed E-state index contributed by atoms with van der Waals surface area (Å²) in [6, 6.07) is 0. The lowest BCUT2D eigenvalue weighted by atomic mass is 9.94. The largest absolute Gasteiger partial charge is 0.481 e. The van der Waals surface area contributed by atoms with Crippen LogP contribution in [0.2, 0.25) is 0 Å². The molecule has 1 unspecified atom stereocenters. The Morgan fingerprint density at radius 3 is 1.83 bits per heavy atom. The summed E-state index contributed by atoms with van der Waals surface area (Å²) in [4.78, 5) is 11.6. The summed E-state index contributed by atoms with van der Waals surface area (Å²) in [5, 5.41) is 90.7. The monoisotopic (exact) mass is 598 g/mol. The molecule has 0 aromatic heterocycles. The highest BCUT2D eigenvalue weighted by Crippen LogP contribution is 2.37. The molecule has 2 rings (SSSR count). The normalized spacial score (nSPS) is 36.8. The van der Waals surface area contributed by atoms with Crippen molar-refractivity contribution in [3.63, 3.8) is 0 Å². The molecular formula is C27H50O14.